The van der Waals surface area contributed by atoms with Gasteiger partial charge in [0.05, 0.1) is 11.5 Å². The number of aliphatic hydroxyl groups is 1. The van der Waals surface area contributed by atoms with E-state index in [0.29, 0.717) is 0 Å². The Hall–Kier alpha value is -1.98. The number of aryl methyl sites for hydroxylation is 2. The minimum atomic E-state index is -0.531. The molecule has 0 saturated carbocycles. The summed E-state index contributed by atoms with van der Waals surface area (Å²) in [5.74, 6) is 1.52. The average molecular weight is 299 g/mol. The number of nitrogens with zero attached hydrogens (tertiary/aromatic N) is 2. The molecule has 0 radical (unpaired) electrons. The number of benzene rings is 1. The summed E-state index contributed by atoms with van der Waals surface area (Å²) < 4.78 is 0. The molecule has 5 heteroatoms. The Kier molecular flexibility index (Phi) is 3.61. The van der Waals surface area contributed by atoms with E-state index in [9.17, 15) is 5.11 Å². The van der Waals surface area contributed by atoms with Crippen molar-refractivity contribution in [2.75, 3.05) is 5.32 Å². The van der Waals surface area contributed by atoms with Gasteiger partial charge in [-0.2, -0.15) is 0 Å². The van der Waals surface area contributed by atoms with E-state index in [-0.39, 0.29) is 0 Å². The van der Waals surface area contributed by atoms with Crippen molar-refractivity contribution in [1.82, 2.24) is 9.97 Å². The third-order valence-electron chi connectivity index (χ3n) is 3.29. The van der Waals surface area contributed by atoms with E-state index < -0.39 is 6.10 Å². The number of hydrogen-bond acceptors (Lipinski definition) is 5. The molecule has 2 aromatic heterocycles. The summed E-state index contributed by atoms with van der Waals surface area (Å²) in [5.41, 5.74) is 1.73. The van der Waals surface area contributed by atoms with Crippen LogP contribution in [0.1, 0.15) is 29.3 Å². The fraction of sp³-hybridized carbons (Fsp3) is 0.250. The molecular weight excluding hydrogens is 282 g/mol. The Morgan fingerprint density at radius 3 is 2.71 bits per heavy atom. The maximum Gasteiger partial charge on any atom is 0.142 e. The molecule has 0 bridgehead atoms. The molecule has 3 rings (SSSR count). The number of anilines is 2. The van der Waals surface area contributed by atoms with Crippen molar-refractivity contribution in [2.24, 2.45) is 0 Å². The van der Waals surface area contributed by atoms with Gasteiger partial charge in [-0.25, -0.2) is 9.97 Å². The largest absolute Gasteiger partial charge is 0.389 e. The fourth-order valence-corrected chi connectivity index (χ4v) is 3.27. The van der Waals surface area contributed by atoms with Crippen molar-refractivity contribution >= 4 is 33.1 Å². The zero-order chi connectivity index (χ0) is 15.0. The van der Waals surface area contributed by atoms with E-state index in [2.05, 4.69) is 28.3 Å². The number of fused-ring (bicyclic) bond motifs is 1. The zero-order valence-electron chi connectivity index (χ0n) is 12.2. The Bertz CT molecular complexity index is 795. The molecule has 4 nitrogen and oxygen atoms in total. The number of rotatable bonds is 3. The molecule has 0 spiro atoms. The summed E-state index contributed by atoms with van der Waals surface area (Å²) in [6.45, 7) is 5.71. The van der Waals surface area contributed by atoms with Crippen molar-refractivity contribution in [2.45, 2.75) is 26.9 Å². The van der Waals surface area contributed by atoms with Crippen molar-refractivity contribution < 1.29 is 5.11 Å². The second-order valence-corrected chi connectivity index (χ2v) is 6.32. The van der Waals surface area contributed by atoms with E-state index in [0.717, 1.165) is 33.1 Å². The molecule has 1 unspecified atom stereocenters. The van der Waals surface area contributed by atoms with Crippen LogP contribution in [0.5, 0.6) is 0 Å². The summed E-state index contributed by atoms with van der Waals surface area (Å²) in [5, 5.41) is 14.2. The van der Waals surface area contributed by atoms with Gasteiger partial charge in [0.2, 0.25) is 0 Å². The highest BCUT2D eigenvalue weighted by molar-refractivity contribution is 7.18. The molecule has 0 amide bonds. The number of aromatic nitrogens is 2. The number of aliphatic hydroxyl groups excluding tert-OH is 1. The zero-order valence-corrected chi connectivity index (χ0v) is 13.0. The van der Waals surface area contributed by atoms with Gasteiger partial charge in [-0.15, -0.1) is 11.3 Å². The first-order valence-corrected chi connectivity index (χ1v) is 7.65. The fourth-order valence-electron chi connectivity index (χ4n) is 2.35. The van der Waals surface area contributed by atoms with E-state index in [1.54, 1.807) is 18.3 Å². The summed E-state index contributed by atoms with van der Waals surface area (Å²) in [6.07, 6.45) is -0.531. The van der Waals surface area contributed by atoms with Crippen LogP contribution in [-0.4, -0.2) is 15.1 Å². The van der Waals surface area contributed by atoms with Gasteiger partial charge in [-0.1, -0.05) is 18.2 Å². The summed E-state index contributed by atoms with van der Waals surface area (Å²) in [4.78, 5) is 11.2. The van der Waals surface area contributed by atoms with Gasteiger partial charge >= 0.3 is 0 Å². The predicted molar refractivity (Wildman–Crippen MR) is 87.2 cm³/mol. The van der Waals surface area contributed by atoms with Crippen molar-refractivity contribution in [3.8, 4) is 0 Å². The Morgan fingerprint density at radius 2 is 1.95 bits per heavy atom. The Labute approximate surface area is 127 Å². The molecule has 0 saturated heterocycles. The smallest absolute Gasteiger partial charge is 0.142 e. The molecular formula is C16H17N3OS. The summed E-state index contributed by atoms with van der Waals surface area (Å²) >= 11 is 1.66. The number of thiophene rings is 1. The SMILES string of the molecule is Cc1nc(Nc2ccccc2C(C)O)c2cc(C)sc2n1. The lowest BCUT2D eigenvalue weighted by Crippen LogP contribution is -2.02. The van der Waals surface area contributed by atoms with E-state index in [4.69, 9.17) is 0 Å². The molecule has 1 atom stereocenters. The summed E-state index contributed by atoms with van der Waals surface area (Å²) in [7, 11) is 0. The highest BCUT2D eigenvalue weighted by Gasteiger charge is 2.12. The first kappa shape index (κ1) is 14.0. The minimum absolute atomic E-state index is 0.531. The van der Waals surface area contributed by atoms with Gasteiger partial charge in [0, 0.05) is 16.1 Å². The van der Waals surface area contributed by atoms with Gasteiger partial charge < -0.3 is 10.4 Å². The monoisotopic (exact) mass is 299 g/mol. The second-order valence-electron chi connectivity index (χ2n) is 5.08. The maximum absolute atomic E-state index is 9.88. The lowest BCUT2D eigenvalue weighted by Gasteiger charge is -2.14. The van der Waals surface area contributed by atoms with Crippen LogP contribution in [-0.2, 0) is 0 Å². The van der Waals surface area contributed by atoms with Crippen LogP contribution in [0.2, 0.25) is 0 Å². The van der Waals surface area contributed by atoms with E-state index in [1.807, 2.05) is 31.2 Å². The van der Waals surface area contributed by atoms with E-state index in [1.165, 1.54) is 4.88 Å². The number of para-hydroxylation sites is 1. The molecule has 2 heterocycles. The summed E-state index contributed by atoms with van der Waals surface area (Å²) in [6, 6.07) is 9.82. The molecule has 1 aromatic carbocycles. The van der Waals surface area contributed by atoms with Gasteiger partial charge in [0.25, 0.3) is 0 Å². The number of hydrogen-bond donors (Lipinski definition) is 2. The first-order chi connectivity index (χ1) is 10.0. The topological polar surface area (TPSA) is 58.0 Å². The standard InChI is InChI=1S/C16H17N3OS/c1-9-8-13-15(17-11(3)18-16(13)21-9)19-14-7-5-4-6-12(14)10(2)20/h4-8,10,20H,1-3H3,(H,17,18,19). The van der Waals surface area contributed by atoms with Gasteiger partial charge in [0.15, 0.2) is 0 Å². The second kappa shape index (κ2) is 5.42. The molecule has 3 aromatic rings. The van der Waals surface area contributed by atoms with Gasteiger partial charge in [-0.05, 0) is 32.9 Å². The highest BCUT2D eigenvalue weighted by atomic mass is 32.1. The van der Waals surface area contributed by atoms with Crippen LogP contribution in [0.3, 0.4) is 0 Å². The molecule has 0 aliphatic rings. The lowest BCUT2D eigenvalue weighted by molar-refractivity contribution is 0.200. The van der Waals surface area contributed by atoms with Crippen molar-refractivity contribution in [1.29, 1.82) is 0 Å². The Balaban J connectivity index is 2.10. The van der Waals surface area contributed by atoms with Crippen LogP contribution in [0, 0.1) is 13.8 Å². The molecule has 0 aliphatic carbocycles. The van der Waals surface area contributed by atoms with Gasteiger partial charge in [-0.3, -0.25) is 0 Å². The van der Waals surface area contributed by atoms with Crippen molar-refractivity contribution in [3.05, 3.63) is 46.6 Å². The molecule has 2 N–H and O–H groups in total. The van der Waals surface area contributed by atoms with E-state index >= 15 is 0 Å². The van der Waals surface area contributed by atoms with Crippen LogP contribution in [0.15, 0.2) is 30.3 Å². The highest BCUT2D eigenvalue weighted by Crippen LogP contribution is 2.32. The normalized spacial score (nSPS) is 12.6. The van der Waals surface area contributed by atoms with Crippen LogP contribution >= 0.6 is 11.3 Å². The van der Waals surface area contributed by atoms with Gasteiger partial charge in [0.1, 0.15) is 16.5 Å². The molecule has 21 heavy (non-hydrogen) atoms. The quantitative estimate of drug-likeness (QED) is 0.764. The minimum Gasteiger partial charge on any atom is -0.389 e. The lowest BCUT2D eigenvalue weighted by atomic mass is 10.1. The van der Waals surface area contributed by atoms with Crippen molar-refractivity contribution in [3.63, 3.8) is 0 Å². The molecule has 108 valence electrons. The van der Waals surface area contributed by atoms with Crippen LogP contribution < -0.4 is 5.32 Å². The first-order valence-electron chi connectivity index (χ1n) is 6.83. The van der Waals surface area contributed by atoms with Crippen LogP contribution in [0.4, 0.5) is 11.5 Å². The molecule has 0 aliphatic heterocycles. The Morgan fingerprint density at radius 1 is 1.19 bits per heavy atom. The third-order valence-corrected chi connectivity index (χ3v) is 4.24. The molecule has 0 fully saturated rings. The predicted octanol–water partition coefficient (Wildman–Crippen LogP) is 4.11. The maximum atomic E-state index is 9.88. The number of nitrogens with one attached hydrogen (secondary N) is 1. The average Bonchev–Trinajstić information content (AvgIpc) is 2.79. The van der Waals surface area contributed by atoms with Crippen LogP contribution in [0.25, 0.3) is 10.2 Å². The third kappa shape index (κ3) is 2.75.